The maximum atomic E-state index is 10.3. The topological polar surface area (TPSA) is 105 Å². The molecule has 0 radical (unpaired) electrons. The molecule has 1 aliphatic carbocycles. The van der Waals surface area contributed by atoms with Crippen molar-refractivity contribution < 1.29 is 14.9 Å². The number of nitrogens with zero attached hydrogens (tertiary/aromatic N) is 4. The summed E-state index contributed by atoms with van der Waals surface area (Å²) in [6.45, 7) is 1.71. The molecule has 28 heavy (non-hydrogen) atoms. The number of aryl methyl sites for hydroxylation is 1. The summed E-state index contributed by atoms with van der Waals surface area (Å²) < 4.78 is 7.29. The van der Waals surface area contributed by atoms with E-state index in [1.165, 1.54) is 17.5 Å². The molecule has 1 saturated heterocycles. The standard InChI is InChI=1S/C19H20ClN5O3/c1-9-14(26)15(27)18(28-9)25-8-21-13-16(23-19(20)24-17(13)25)22-12-7-6-10-4-2-3-5-11(10)12/h2-5,8-9,12,14-15,18,26-27H,6-7H2,1H3,(H,22,23,24)/t9-,12+,14-,15-,18-/m1/s1. The van der Waals surface area contributed by atoms with Crippen LogP contribution in [0.15, 0.2) is 30.6 Å². The van der Waals surface area contributed by atoms with E-state index < -0.39 is 24.5 Å². The smallest absolute Gasteiger partial charge is 0.226 e. The van der Waals surface area contributed by atoms with Gasteiger partial charge in [-0.3, -0.25) is 4.57 Å². The predicted molar refractivity (Wildman–Crippen MR) is 103 cm³/mol. The monoisotopic (exact) mass is 401 g/mol. The van der Waals surface area contributed by atoms with E-state index in [9.17, 15) is 10.2 Å². The number of ether oxygens (including phenoxy) is 1. The minimum atomic E-state index is -1.08. The lowest BCUT2D eigenvalue weighted by molar-refractivity contribution is -0.0299. The van der Waals surface area contributed by atoms with Crippen LogP contribution in [-0.2, 0) is 11.2 Å². The summed E-state index contributed by atoms with van der Waals surface area (Å²) in [6, 6.07) is 8.45. The van der Waals surface area contributed by atoms with Crippen LogP contribution < -0.4 is 5.32 Å². The van der Waals surface area contributed by atoms with Crippen molar-refractivity contribution in [1.29, 1.82) is 0 Å². The molecule has 1 fully saturated rings. The molecular weight excluding hydrogens is 382 g/mol. The Balaban J connectivity index is 1.52. The highest BCUT2D eigenvalue weighted by Crippen LogP contribution is 2.36. The maximum absolute atomic E-state index is 10.3. The van der Waals surface area contributed by atoms with Gasteiger partial charge in [0.2, 0.25) is 5.28 Å². The van der Waals surface area contributed by atoms with Gasteiger partial charge in [0, 0.05) is 0 Å². The summed E-state index contributed by atoms with van der Waals surface area (Å²) in [7, 11) is 0. The normalized spacial score (nSPS) is 29.4. The number of hydrogen-bond donors (Lipinski definition) is 3. The molecular formula is C19H20ClN5O3. The average molecular weight is 402 g/mol. The van der Waals surface area contributed by atoms with Gasteiger partial charge in [0.15, 0.2) is 23.2 Å². The fourth-order valence-electron chi connectivity index (χ4n) is 4.11. The fraction of sp³-hybridized carbons (Fsp3) is 0.421. The number of anilines is 1. The van der Waals surface area contributed by atoms with Crippen LogP contribution in [0.3, 0.4) is 0 Å². The Morgan fingerprint density at radius 2 is 2.04 bits per heavy atom. The summed E-state index contributed by atoms with van der Waals surface area (Å²) in [4.78, 5) is 13.1. The van der Waals surface area contributed by atoms with Crippen molar-refractivity contribution in [3.63, 3.8) is 0 Å². The van der Waals surface area contributed by atoms with E-state index in [1.54, 1.807) is 11.5 Å². The lowest BCUT2D eigenvalue weighted by atomic mass is 10.1. The quantitative estimate of drug-likeness (QED) is 0.578. The number of rotatable bonds is 3. The third-order valence-electron chi connectivity index (χ3n) is 5.59. The van der Waals surface area contributed by atoms with Crippen molar-refractivity contribution in [2.75, 3.05) is 5.32 Å². The fourth-order valence-corrected chi connectivity index (χ4v) is 4.27. The van der Waals surface area contributed by atoms with E-state index in [4.69, 9.17) is 16.3 Å². The van der Waals surface area contributed by atoms with Crippen LogP contribution in [-0.4, -0.2) is 48.0 Å². The minimum Gasteiger partial charge on any atom is -0.388 e. The summed E-state index contributed by atoms with van der Waals surface area (Å²) in [5, 5.41) is 23.9. The number of aliphatic hydroxyl groups is 2. The Labute approximate surface area is 166 Å². The number of nitrogens with one attached hydrogen (secondary N) is 1. The first kappa shape index (κ1) is 17.8. The predicted octanol–water partition coefficient (Wildman–Crippen LogP) is 2.22. The molecule has 3 N–H and O–H groups in total. The molecule has 3 heterocycles. The summed E-state index contributed by atoms with van der Waals surface area (Å²) >= 11 is 6.18. The van der Waals surface area contributed by atoms with Gasteiger partial charge in [-0.1, -0.05) is 24.3 Å². The average Bonchev–Trinajstić information content (AvgIpc) is 3.35. The van der Waals surface area contributed by atoms with Crippen molar-refractivity contribution in [2.24, 2.45) is 0 Å². The second-order valence-corrected chi connectivity index (χ2v) is 7.65. The first-order valence-electron chi connectivity index (χ1n) is 9.29. The van der Waals surface area contributed by atoms with Crippen LogP contribution in [0.4, 0.5) is 5.82 Å². The molecule has 0 bridgehead atoms. The zero-order chi connectivity index (χ0) is 19.4. The van der Waals surface area contributed by atoms with Gasteiger partial charge in [0.05, 0.1) is 18.5 Å². The van der Waals surface area contributed by atoms with Gasteiger partial charge in [0.1, 0.15) is 12.2 Å². The lowest BCUT2D eigenvalue weighted by Crippen LogP contribution is -2.30. The van der Waals surface area contributed by atoms with E-state index >= 15 is 0 Å². The van der Waals surface area contributed by atoms with Crippen LogP contribution in [0.25, 0.3) is 11.2 Å². The molecule has 1 aromatic carbocycles. The zero-order valence-corrected chi connectivity index (χ0v) is 15.9. The minimum absolute atomic E-state index is 0.0733. The van der Waals surface area contributed by atoms with Crippen molar-refractivity contribution in [3.05, 3.63) is 47.0 Å². The molecule has 2 aliphatic rings. The van der Waals surface area contributed by atoms with Crippen LogP contribution in [0.1, 0.15) is 36.7 Å². The molecule has 0 unspecified atom stereocenters. The van der Waals surface area contributed by atoms with Gasteiger partial charge in [-0.15, -0.1) is 0 Å². The molecule has 0 amide bonds. The third kappa shape index (κ3) is 2.76. The van der Waals surface area contributed by atoms with Crippen molar-refractivity contribution in [2.45, 2.75) is 50.3 Å². The van der Waals surface area contributed by atoms with E-state index in [0.717, 1.165) is 12.8 Å². The summed E-state index contributed by atoms with van der Waals surface area (Å²) in [5.41, 5.74) is 3.56. The molecule has 0 saturated carbocycles. The van der Waals surface area contributed by atoms with Crippen molar-refractivity contribution in [1.82, 2.24) is 19.5 Å². The Bertz CT molecular complexity index is 1040. The van der Waals surface area contributed by atoms with Crippen molar-refractivity contribution in [3.8, 4) is 0 Å². The van der Waals surface area contributed by atoms with Crippen LogP contribution in [0.2, 0.25) is 5.28 Å². The molecule has 5 rings (SSSR count). The van der Waals surface area contributed by atoms with Crippen LogP contribution in [0.5, 0.6) is 0 Å². The Morgan fingerprint density at radius 1 is 1.21 bits per heavy atom. The molecule has 0 spiro atoms. The molecule has 9 heteroatoms. The molecule has 5 atom stereocenters. The molecule has 3 aromatic rings. The zero-order valence-electron chi connectivity index (χ0n) is 15.2. The van der Waals surface area contributed by atoms with Crippen LogP contribution in [0, 0.1) is 0 Å². The van der Waals surface area contributed by atoms with E-state index in [-0.39, 0.29) is 11.3 Å². The molecule has 1 aliphatic heterocycles. The number of aromatic nitrogens is 4. The Kier molecular flexibility index (Phi) is 4.24. The second kappa shape index (κ2) is 6.66. The summed E-state index contributed by atoms with van der Waals surface area (Å²) in [6.07, 6.45) is 0.136. The molecule has 2 aromatic heterocycles. The molecule has 146 valence electrons. The van der Waals surface area contributed by atoms with Crippen LogP contribution >= 0.6 is 11.6 Å². The van der Waals surface area contributed by atoms with E-state index in [2.05, 4.69) is 32.4 Å². The van der Waals surface area contributed by atoms with Gasteiger partial charge in [-0.25, -0.2) is 4.98 Å². The highest BCUT2D eigenvalue weighted by molar-refractivity contribution is 6.28. The number of imidazole rings is 1. The number of hydrogen-bond acceptors (Lipinski definition) is 7. The van der Waals surface area contributed by atoms with Gasteiger partial charge >= 0.3 is 0 Å². The van der Waals surface area contributed by atoms with Gasteiger partial charge in [0.25, 0.3) is 0 Å². The highest BCUT2D eigenvalue weighted by Gasteiger charge is 2.42. The van der Waals surface area contributed by atoms with Gasteiger partial charge in [-0.2, -0.15) is 9.97 Å². The Morgan fingerprint density at radius 3 is 2.82 bits per heavy atom. The summed E-state index contributed by atoms with van der Waals surface area (Å²) in [5.74, 6) is 0.538. The van der Waals surface area contributed by atoms with Crippen molar-refractivity contribution >= 4 is 28.6 Å². The number of fused-ring (bicyclic) bond motifs is 2. The maximum Gasteiger partial charge on any atom is 0.226 e. The van der Waals surface area contributed by atoms with E-state index in [1.807, 2.05) is 12.1 Å². The third-order valence-corrected chi connectivity index (χ3v) is 5.76. The SMILES string of the molecule is C[C@H]1O[C@@H](n2cnc3c(N[C@H]4CCc5ccccc54)nc(Cl)nc32)[C@H](O)[C@@H]1O. The number of benzene rings is 1. The van der Waals surface area contributed by atoms with E-state index in [0.29, 0.717) is 17.0 Å². The number of halogens is 1. The number of aliphatic hydroxyl groups excluding tert-OH is 2. The highest BCUT2D eigenvalue weighted by atomic mass is 35.5. The largest absolute Gasteiger partial charge is 0.388 e. The second-order valence-electron chi connectivity index (χ2n) is 7.31. The first-order valence-corrected chi connectivity index (χ1v) is 9.66. The molecule has 8 nitrogen and oxygen atoms in total. The lowest BCUT2D eigenvalue weighted by Gasteiger charge is -2.17. The first-order chi connectivity index (χ1) is 13.5. The van der Waals surface area contributed by atoms with Gasteiger partial charge in [-0.05, 0) is 42.5 Å². The Hall–Kier alpha value is -2.26. The van der Waals surface area contributed by atoms with Gasteiger partial charge < -0.3 is 20.3 Å².